The lowest BCUT2D eigenvalue weighted by atomic mass is 9.90. The van der Waals surface area contributed by atoms with Gasteiger partial charge in [0, 0.05) is 0 Å². The average Bonchev–Trinajstić information content (AvgIpc) is 1.85. The summed E-state index contributed by atoms with van der Waals surface area (Å²) in [6, 6.07) is 0. The van der Waals surface area contributed by atoms with Crippen molar-refractivity contribution < 1.29 is 12.9 Å². The highest BCUT2D eigenvalue weighted by molar-refractivity contribution is 6.58. The lowest BCUT2D eigenvalue weighted by molar-refractivity contribution is 0.236. The van der Waals surface area contributed by atoms with Crippen LogP contribution in [0.5, 0.6) is 0 Å². The highest BCUT2D eigenvalue weighted by Gasteiger charge is 2.26. The molecule has 0 aromatic carbocycles. The molecular formula is C6H12BF3N-. The van der Waals surface area contributed by atoms with Gasteiger partial charge in [-0.1, -0.05) is 6.42 Å². The Balaban J connectivity index is 2.24. The van der Waals surface area contributed by atoms with Crippen molar-refractivity contribution in [1.82, 2.24) is 4.90 Å². The van der Waals surface area contributed by atoms with E-state index in [9.17, 15) is 12.9 Å². The molecule has 1 aliphatic heterocycles. The Kier molecular flexibility index (Phi) is 2.81. The summed E-state index contributed by atoms with van der Waals surface area (Å²) in [5.41, 5.74) is 0. The molecule has 0 spiro atoms. The summed E-state index contributed by atoms with van der Waals surface area (Å²) >= 11 is 0. The zero-order valence-corrected chi connectivity index (χ0v) is 6.40. The molecule has 0 atom stereocenters. The van der Waals surface area contributed by atoms with Gasteiger partial charge in [0.1, 0.15) is 0 Å². The van der Waals surface area contributed by atoms with E-state index in [1.165, 1.54) is 4.90 Å². The fourth-order valence-electron chi connectivity index (χ4n) is 1.43. The van der Waals surface area contributed by atoms with Crippen LogP contribution in [0.1, 0.15) is 19.3 Å². The number of piperidine rings is 1. The monoisotopic (exact) mass is 166 g/mol. The van der Waals surface area contributed by atoms with E-state index in [0.29, 0.717) is 13.1 Å². The Bertz CT molecular complexity index is 119. The first-order valence-electron chi connectivity index (χ1n) is 4.01. The van der Waals surface area contributed by atoms with Crippen LogP contribution >= 0.6 is 0 Å². The molecule has 5 heteroatoms. The SMILES string of the molecule is F[B-](F)(F)CN1CCCCC1. The third kappa shape index (κ3) is 3.65. The zero-order valence-electron chi connectivity index (χ0n) is 6.40. The molecule has 0 N–H and O–H groups in total. The van der Waals surface area contributed by atoms with Gasteiger partial charge in [0.25, 0.3) is 0 Å². The normalized spacial score (nSPS) is 22.1. The third-order valence-corrected chi connectivity index (χ3v) is 1.91. The molecular weight excluding hydrogens is 154 g/mol. The number of hydrogen-bond acceptors (Lipinski definition) is 1. The number of rotatable bonds is 2. The molecule has 1 nitrogen and oxygen atoms in total. The maximum Gasteiger partial charge on any atom is 0.492 e. The molecule has 1 aliphatic rings. The van der Waals surface area contributed by atoms with Crippen LogP contribution in [0.4, 0.5) is 12.9 Å². The van der Waals surface area contributed by atoms with Crippen molar-refractivity contribution in [2.75, 3.05) is 19.5 Å². The van der Waals surface area contributed by atoms with Crippen LogP contribution in [-0.4, -0.2) is 31.4 Å². The van der Waals surface area contributed by atoms with Gasteiger partial charge in [0.05, 0.1) is 0 Å². The smallest absolute Gasteiger partial charge is 0.448 e. The number of halogens is 3. The summed E-state index contributed by atoms with van der Waals surface area (Å²) in [6.45, 7) is -3.35. The number of hydrogen-bond donors (Lipinski definition) is 0. The zero-order chi connectivity index (χ0) is 8.32. The Morgan fingerprint density at radius 2 is 1.55 bits per heavy atom. The van der Waals surface area contributed by atoms with Gasteiger partial charge in [-0.2, -0.15) is 0 Å². The lowest BCUT2D eigenvalue weighted by Crippen LogP contribution is -2.40. The van der Waals surface area contributed by atoms with Gasteiger partial charge < -0.3 is 17.8 Å². The number of nitrogens with zero attached hydrogens (tertiary/aromatic N) is 1. The molecule has 66 valence electrons. The average molecular weight is 166 g/mol. The predicted octanol–water partition coefficient (Wildman–Crippen LogP) is 1.86. The highest BCUT2D eigenvalue weighted by Crippen LogP contribution is 2.15. The predicted molar refractivity (Wildman–Crippen MR) is 39.4 cm³/mol. The summed E-state index contributed by atoms with van der Waals surface area (Å²) in [5, 5.41) is 0. The minimum Gasteiger partial charge on any atom is -0.448 e. The van der Waals surface area contributed by atoms with E-state index in [0.717, 1.165) is 19.3 Å². The van der Waals surface area contributed by atoms with E-state index in [-0.39, 0.29) is 0 Å². The van der Waals surface area contributed by atoms with Crippen molar-refractivity contribution in [3.05, 3.63) is 0 Å². The summed E-state index contributed by atoms with van der Waals surface area (Å²) in [7, 11) is 0. The Morgan fingerprint density at radius 1 is 1.00 bits per heavy atom. The van der Waals surface area contributed by atoms with Crippen LogP contribution in [-0.2, 0) is 0 Å². The Morgan fingerprint density at radius 3 is 2.00 bits per heavy atom. The van der Waals surface area contributed by atoms with E-state index in [2.05, 4.69) is 0 Å². The quantitative estimate of drug-likeness (QED) is 0.565. The minimum atomic E-state index is -4.60. The standard InChI is InChI=1S/C6H12BF3N/c8-7(9,10)6-11-4-2-1-3-5-11/h1-6H2/q-1. The largest absolute Gasteiger partial charge is 0.492 e. The minimum absolute atomic E-state index is 0.626. The molecule has 1 rings (SSSR count). The maximum absolute atomic E-state index is 11.9. The molecule has 0 unspecified atom stereocenters. The molecule has 1 fully saturated rings. The van der Waals surface area contributed by atoms with Crippen molar-refractivity contribution >= 4 is 6.98 Å². The molecule has 0 saturated carbocycles. The van der Waals surface area contributed by atoms with Crippen LogP contribution in [0, 0.1) is 0 Å². The molecule has 1 heterocycles. The van der Waals surface area contributed by atoms with Crippen molar-refractivity contribution in [3.8, 4) is 0 Å². The van der Waals surface area contributed by atoms with Gasteiger partial charge in [0.2, 0.25) is 0 Å². The molecule has 0 amide bonds. The van der Waals surface area contributed by atoms with E-state index in [4.69, 9.17) is 0 Å². The molecule has 0 radical (unpaired) electrons. The summed E-state index contributed by atoms with van der Waals surface area (Å²) < 4.78 is 35.6. The fraction of sp³-hybridized carbons (Fsp3) is 1.00. The highest BCUT2D eigenvalue weighted by atomic mass is 19.4. The topological polar surface area (TPSA) is 3.24 Å². The summed E-state index contributed by atoms with van der Waals surface area (Å²) in [5.74, 6) is 0. The molecule has 1 saturated heterocycles. The van der Waals surface area contributed by atoms with Gasteiger partial charge in [-0.05, 0) is 32.4 Å². The van der Waals surface area contributed by atoms with Crippen LogP contribution in [0.25, 0.3) is 0 Å². The summed E-state index contributed by atoms with van der Waals surface area (Å²) in [6.07, 6.45) is 2.26. The van der Waals surface area contributed by atoms with Crippen molar-refractivity contribution in [2.24, 2.45) is 0 Å². The fourth-order valence-corrected chi connectivity index (χ4v) is 1.43. The first-order chi connectivity index (χ1) is 5.08. The van der Waals surface area contributed by atoms with E-state index in [1.54, 1.807) is 0 Å². The van der Waals surface area contributed by atoms with Crippen LogP contribution < -0.4 is 0 Å². The van der Waals surface area contributed by atoms with Crippen molar-refractivity contribution in [1.29, 1.82) is 0 Å². The van der Waals surface area contributed by atoms with Gasteiger partial charge in [-0.3, -0.25) is 0 Å². The molecule has 11 heavy (non-hydrogen) atoms. The molecule has 0 aliphatic carbocycles. The van der Waals surface area contributed by atoms with E-state index < -0.39 is 13.4 Å². The van der Waals surface area contributed by atoms with Crippen molar-refractivity contribution in [2.45, 2.75) is 19.3 Å². The van der Waals surface area contributed by atoms with Gasteiger partial charge in [0.15, 0.2) is 0 Å². The molecule has 0 aromatic rings. The summed E-state index contributed by atoms with van der Waals surface area (Å²) in [4.78, 5) is 1.50. The second-order valence-electron chi connectivity index (χ2n) is 3.07. The third-order valence-electron chi connectivity index (χ3n) is 1.91. The Hall–Kier alpha value is -0.185. The van der Waals surface area contributed by atoms with E-state index in [1.807, 2.05) is 0 Å². The van der Waals surface area contributed by atoms with Gasteiger partial charge in [-0.15, -0.1) is 0 Å². The van der Waals surface area contributed by atoms with Crippen LogP contribution in [0.2, 0.25) is 0 Å². The number of likely N-dealkylation sites (tertiary alicyclic amines) is 1. The lowest BCUT2D eigenvalue weighted by Gasteiger charge is -2.30. The maximum atomic E-state index is 11.9. The van der Waals surface area contributed by atoms with Gasteiger partial charge in [-0.25, -0.2) is 0 Å². The van der Waals surface area contributed by atoms with Gasteiger partial charge >= 0.3 is 6.98 Å². The first kappa shape index (κ1) is 8.91. The molecule has 0 bridgehead atoms. The Labute approximate surface area is 64.6 Å². The van der Waals surface area contributed by atoms with Crippen LogP contribution in [0.3, 0.4) is 0 Å². The second kappa shape index (κ2) is 3.47. The molecule has 0 aromatic heterocycles. The van der Waals surface area contributed by atoms with E-state index >= 15 is 0 Å². The van der Waals surface area contributed by atoms with Crippen molar-refractivity contribution in [3.63, 3.8) is 0 Å². The first-order valence-corrected chi connectivity index (χ1v) is 4.01. The second-order valence-corrected chi connectivity index (χ2v) is 3.07. The van der Waals surface area contributed by atoms with Crippen LogP contribution in [0.15, 0.2) is 0 Å².